The van der Waals surface area contributed by atoms with Gasteiger partial charge in [0.05, 0.1) is 0 Å². The molecule has 0 unspecified atom stereocenters. The van der Waals surface area contributed by atoms with Crippen LogP contribution in [0, 0.1) is 0 Å². The minimum Gasteiger partial charge on any atom is -0.371 e. The summed E-state index contributed by atoms with van der Waals surface area (Å²) in [6.45, 7) is 7.38. The third-order valence-electron chi connectivity index (χ3n) is 5.02. The molecule has 3 rings (SSSR count). The van der Waals surface area contributed by atoms with E-state index in [1.54, 1.807) is 0 Å². The van der Waals surface area contributed by atoms with E-state index in [0.717, 1.165) is 30.9 Å². The summed E-state index contributed by atoms with van der Waals surface area (Å²) in [7, 11) is 0. The van der Waals surface area contributed by atoms with E-state index in [1.807, 2.05) is 60.7 Å². The van der Waals surface area contributed by atoms with Gasteiger partial charge >= 0.3 is 0 Å². The van der Waals surface area contributed by atoms with Crippen molar-refractivity contribution >= 4 is 11.5 Å². The standard InChI is InChI=1S/C25H28N2O/c1-3-27(4-2)19-20-15-17-23(18-16-20)26-24(21-11-7-5-8-12-21)25(28)22-13-9-6-10-14-22/h5-18,24,26H,3-4,19H2,1-2H3/t24-/m0/s1. The Morgan fingerprint density at radius 2 is 1.39 bits per heavy atom. The molecule has 0 aliphatic carbocycles. The van der Waals surface area contributed by atoms with Gasteiger partial charge in [-0.05, 0) is 36.3 Å². The Kier molecular flexibility index (Phi) is 6.99. The smallest absolute Gasteiger partial charge is 0.189 e. The number of carbonyl (C=O) groups excluding carboxylic acids is 1. The van der Waals surface area contributed by atoms with Gasteiger partial charge in [-0.1, -0.05) is 86.6 Å². The Bertz CT molecular complexity index is 856. The molecular weight excluding hydrogens is 344 g/mol. The zero-order valence-corrected chi connectivity index (χ0v) is 16.6. The molecule has 0 saturated heterocycles. The number of benzene rings is 3. The molecule has 3 aromatic carbocycles. The van der Waals surface area contributed by atoms with E-state index in [0.29, 0.717) is 5.56 Å². The fraction of sp³-hybridized carbons (Fsp3) is 0.240. The van der Waals surface area contributed by atoms with Crippen molar-refractivity contribution in [1.29, 1.82) is 0 Å². The summed E-state index contributed by atoms with van der Waals surface area (Å²) in [6.07, 6.45) is 0. The van der Waals surface area contributed by atoms with Crippen LogP contribution < -0.4 is 5.32 Å². The molecular formula is C25H28N2O. The van der Waals surface area contributed by atoms with Gasteiger partial charge in [0, 0.05) is 17.8 Å². The van der Waals surface area contributed by atoms with Gasteiger partial charge in [0.2, 0.25) is 0 Å². The zero-order valence-electron chi connectivity index (χ0n) is 16.6. The van der Waals surface area contributed by atoms with Crippen LogP contribution in [0.25, 0.3) is 0 Å². The highest BCUT2D eigenvalue weighted by molar-refractivity contribution is 6.02. The van der Waals surface area contributed by atoms with Crippen LogP contribution >= 0.6 is 0 Å². The SMILES string of the molecule is CCN(CC)Cc1ccc(N[C@H](C(=O)c2ccccc2)c2ccccc2)cc1. The highest BCUT2D eigenvalue weighted by Gasteiger charge is 2.21. The lowest BCUT2D eigenvalue weighted by atomic mass is 9.97. The number of hydrogen-bond acceptors (Lipinski definition) is 3. The monoisotopic (exact) mass is 372 g/mol. The number of hydrogen-bond donors (Lipinski definition) is 1. The van der Waals surface area contributed by atoms with Crippen molar-refractivity contribution in [1.82, 2.24) is 4.90 Å². The third-order valence-corrected chi connectivity index (χ3v) is 5.02. The number of nitrogens with one attached hydrogen (secondary N) is 1. The van der Waals surface area contributed by atoms with Crippen molar-refractivity contribution in [3.05, 3.63) is 102 Å². The number of ketones is 1. The van der Waals surface area contributed by atoms with Crippen LogP contribution in [0.5, 0.6) is 0 Å². The number of nitrogens with zero attached hydrogens (tertiary/aromatic N) is 1. The van der Waals surface area contributed by atoms with Crippen LogP contribution in [0.2, 0.25) is 0 Å². The van der Waals surface area contributed by atoms with E-state index < -0.39 is 6.04 Å². The molecule has 3 nitrogen and oxygen atoms in total. The molecule has 0 radical (unpaired) electrons. The Hall–Kier alpha value is -2.91. The summed E-state index contributed by atoms with van der Waals surface area (Å²) in [5, 5.41) is 3.44. The average molecular weight is 373 g/mol. The maximum absolute atomic E-state index is 13.2. The van der Waals surface area contributed by atoms with E-state index in [-0.39, 0.29) is 5.78 Å². The normalized spacial score (nSPS) is 12.0. The fourth-order valence-electron chi connectivity index (χ4n) is 3.29. The molecule has 3 aromatic rings. The van der Waals surface area contributed by atoms with Gasteiger partial charge in [-0.3, -0.25) is 9.69 Å². The Morgan fingerprint density at radius 1 is 0.821 bits per heavy atom. The lowest BCUT2D eigenvalue weighted by Crippen LogP contribution is -2.22. The van der Waals surface area contributed by atoms with Crippen LogP contribution in [0.15, 0.2) is 84.9 Å². The number of rotatable bonds is 9. The maximum atomic E-state index is 13.2. The van der Waals surface area contributed by atoms with Gasteiger partial charge in [0.1, 0.15) is 6.04 Å². The van der Waals surface area contributed by atoms with Crippen LogP contribution in [0.4, 0.5) is 5.69 Å². The Morgan fingerprint density at radius 3 is 1.96 bits per heavy atom. The predicted octanol–water partition coefficient (Wildman–Crippen LogP) is 5.56. The van der Waals surface area contributed by atoms with Gasteiger partial charge in [-0.25, -0.2) is 0 Å². The minimum absolute atomic E-state index is 0.0685. The molecule has 1 atom stereocenters. The van der Waals surface area contributed by atoms with Gasteiger partial charge in [0.15, 0.2) is 5.78 Å². The molecule has 0 spiro atoms. The summed E-state index contributed by atoms with van der Waals surface area (Å²) >= 11 is 0. The first-order chi connectivity index (χ1) is 13.7. The van der Waals surface area contributed by atoms with E-state index in [9.17, 15) is 4.79 Å². The molecule has 0 aliphatic heterocycles. The topological polar surface area (TPSA) is 32.3 Å². The quantitative estimate of drug-likeness (QED) is 0.499. The largest absolute Gasteiger partial charge is 0.371 e. The van der Waals surface area contributed by atoms with E-state index in [4.69, 9.17) is 0 Å². The summed E-state index contributed by atoms with van der Waals surface area (Å²) in [6, 6.07) is 27.3. The molecule has 144 valence electrons. The average Bonchev–Trinajstić information content (AvgIpc) is 2.77. The van der Waals surface area contributed by atoms with Crippen molar-refractivity contribution in [2.75, 3.05) is 18.4 Å². The second-order valence-electron chi connectivity index (χ2n) is 6.88. The molecule has 0 aliphatic rings. The van der Waals surface area contributed by atoms with E-state index in [1.165, 1.54) is 5.56 Å². The molecule has 0 amide bonds. The predicted molar refractivity (Wildman–Crippen MR) is 117 cm³/mol. The lowest BCUT2D eigenvalue weighted by molar-refractivity contribution is 0.0969. The van der Waals surface area contributed by atoms with Gasteiger partial charge < -0.3 is 5.32 Å². The Balaban J connectivity index is 1.81. The Labute approximate surface area is 168 Å². The number of anilines is 1. The highest BCUT2D eigenvalue weighted by atomic mass is 16.1. The van der Waals surface area contributed by atoms with Crippen molar-refractivity contribution in [3.8, 4) is 0 Å². The second-order valence-corrected chi connectivity index (χ2v) is 6.88. The first-order valence-electron chi connectivity index (χ1n) is 9.93. The molecule has 1 N–H and O–H groups in total. The molecule has 0 fully saturated rings. The third kappa shape index (κ3) is 5.08. The maximum Gasteiger partial charge on any atom is 0.189 e. The molecule has 3 heteroatoms. The highest BCUT2D eigenvalue weighted by Crippen LogP contribution is 2.24. The first kappa shape index (κ1) is 19.8. The number of carbonyl (C=O) groups is 1. The van der Waals surface area contributed by atoms with Gasteiger partial charge in [-0.2, -0.15) is 0 Å². The van der Waals surface area contributed by atoms with Crippen molar-refractivity contribution in [2.24, 2.45) is 0 Å². The van der Waals surface area contributed by atoms with E-state index in [2.05, 4.69) is 48.3 Å². The van der Waals surface area contributed by atoms with Crippen molar-refractivity contribution in [3.63, 3.8) is 0 Å². The van der Waals surface area contributed by atoms with Gasteiger partial charge in [0.25, 0.3) is 0 Å². The first-order valence-corrected chi connectivity index (χ1v) is 9.93. The fourth-order valence-corrected chi connectivity index (χ4v) is 3.29. The summed E-state index contributed by atoms with van der Waals surface area (Å²) < 4.78 is 0. The van der Waals surface area contributed by atoms with Crippen LogP contribution in [-0.4, -0.2) is 23.8 Å². The van der Waals surface area contributed by atoms with Crippen LogP contribution in [-0.2, 0) is 6.54 Å². The zero-order chi connectivity index (χ0) is 19.8. The van der Waals surface area contributed by atoms with Crippen LogP contribution in [0.1, 0.15) is 41.4 Å². The number of Topliss-reactive ketones (excluding diaryl/α,β-unsaturated/α-hetero) is 1. The summed E-state index contributed by atoms with van der Waals surface area (Å²) in [5.74, 6) is 0.0685. The molecule has 28 heavy (non-hydrogen) atoms. The second kappa shape index (κ2) is 9.86. The summed E-state index contributed by atoms with van der Waals surface area (Å²) in [4.78, 5) is 15.6. The molecule has 0 heterocycles. The van der Waals surface area contributed by atoms with E-state index >= 15 is 0 Å². The van der Waals surface area contributed by atoms with Gasteiger partial charge in [-0.15, -0.1) is 0 Å². The molecule has 0 saturated carbocycles. The summed E-state index contributed by atoms with van der Waals surface area (Å²) in [5.41, 5.74) is 3.90. The lowest BCUT2D eigenvalue weighted by Gasteiger charge is -2.21. The van der Waals surface area contributed by atoms with Crippen molar-refractivity contribution < 1.29 is 4.79 Å². The molecule has 0 aromatic heterocycles. The minimum atomic E-state index is -0.419. The van der Waals surface area contributed by atoms with Crippen molar-refractivity contribution in [2.45, 2.75) is 26.4 Å². The van der Waals surface area contributed by atoms with Crippen LogP contribution in [0.3, 0.4) is 0 Å². The molecule has 0 bridgehead atoms.